The monoisotopic (exact) mass is 280 g/mol. The predicted molar refractivity (Wildman–Crippen MR) is 79.2 cm³/mol. The predicted octanol–water partition coefficient (Wildman–Crippen LogP) is 3.72. The zero-order valence-electron chi connectivity index (χ0n) is 11.1. The van der Waals surface area contributed by atoms with Crippen LogP contribution in [-0.4, -0.2) is 9.91 Å². The largest absolute Gasteiger partial charge is 0.487 e. The molecule has 0 atom stereocenters. The lowest BCUT2D eigenvalue weighted by molar-refractivity contribution is -0.384. The SMILES string of the molecule is O=[N+]([O-])c1cccc(COc2cnc3ccccc3c2)c1. The van der Waals surface area contributed by atoms with Crippen LogP contribution in [0.3, 0.4) is 0 Å². The van der Waals surface area contributed by atoms with Crippen molar-refractivity contribution in [2.75, 3.05) is 0 Å². The minimum absolute atomic E-state index is 0.0627. The zero-order valence-corrected chi connectivity index (χ0v) is 11.1. The Labute approximate surface area is 121 Å². The third kappa shape index (κ3) is 2.97. The van der Waals surface area contributed by atoms with Crippen LogP contribution in [0.25, 0.3) is 10.9 Å². The third-order valence-corrected chi connectivity index (χ3v) is 3.09. The fourth-order valence-electron chi connectivity index (χ4n) is 2.06. The first kappa shape index (κ1) is 13.1. The average Bonchev–Trinajstić information content (AvgIpc) is 2.53. The van der Waals surface area contributed by atoms with Crippen molar-refractivity contribution in [3.63, 3.8) is 0 Å². The van der Waals surface area contributed by atoms with Crippen LogP contribution in [-0.2, 0) is 6.61 Å². The highest BCUT2D eigenvalue weighted by Gasteiger charge is 2.06. The highest BCUT2D eigenvalue weighted by molar-refractivity contribution is 5.79. The second-order valence-corrected chi connectivity index (χ2v) is 4.58. The summed E-state index contributed by atoms with van der Waals surface area (Å²) in [4.78, 5) is 14.6. The van der Waals surface area contributed by atoms with E-state index in [4.69, 9.17) is 4.74 Å². The van der Waals surface area contributed by atoms with E-state index in [9.17, 15) is 10.1 Å². The Morgan fingerprint density at radius 1 is 1.10 bits per heavy atom. The Hall–Kier alpha value is -2.95. The molecule has 3 aromatic rings. The standard InChI is InChI=1S/C16H12N2O3/c19-18(20)14-6-3-4-12(8-14)11-21-15-9-13-5-1-2-7-16(13)17-10-15/h1-10H,11H2. The molecule has 104 valence electrons. The molecule has 21 heavy (non-hydrogen) atoms. The highest BCUT2D eigenvalue weighted by atomic mass is 16.6. The molecule has 3 rings (SSSR count). The number of fused-ring (bicyclic) bond motifs is 1. The van der Waals surface area contributed by atoms with Crippen molar-refractivity contribution < 1.29 is 9.66 Å². The molecule has 2 aromatic carbocycles. The summed E-state index contributed by atoms with van der Waals surface area (Å²) >= 11 is 0. The molecule has 0 aliphatic carbocycles. The summed E-state index contributed by atoms with van der Waals surface area (Å²) in [5, 5.41) is 11.7. The van der Waals surface area contributed by atoms with Gasteiger partial charge >= 0.3 is 0 Å². The maximum absolute atomic E-state index is 10.7. The summed E-state index contributed by atoms with van der Waals surface area (Å²) in [6.45, 7) is 0.266. The van der Waals surface area contributed by atoms with Gasteiger partial charge in [0.05, 0.1) is 16.6 Å². The topological polar surface area (TPSA) is 65.3 Å². The van der Waals surface area contributed by atoms with Crippen LogP contribution in [0, 0.1) is 10.1 Å². The molecule has 0 spiro atoms. The van der Waals surface area contributed by atoms with Gasteiger partial charge < -0.3 is 4.74 Å². The van der Waals surface area contributed by atoms with Crippen LogP contribution in [0.15, 0.2) is 60.8 Å². The number of para-hydroxylation sites is 1. The van der Waals surface area contributed by atoms with Crippen molar-refractivity contribution in [2.45, 2.75) is 6.61 Å². The molecule has 0 radical (unpaired) electrons. The van der Waals surface area contributed by atoms with Gasteiger partial charge in [0, 0.05) is 17.5 Å². The van der Waals surface area contributed by atoms with E-state index in [1.165, 1.54) is 12.1 Å². The fraction of sp³-hybridized carbons (Fsp3) is 0.0625. The average molecular weight is 280 g/mol. The molecule has 0 fully saturated rings. The molecule has 0 aliphatic heterocycles. The van der Waals surface area contributed by atoms with Gasteiger partial charge in [-0.2, -0.15) is 0 Å². The van der Waals surface area contributed by atoms with Gasteiger partial charge in [0.15, 0.2) is 0 Å². The molecule has 5 heteroatoms. The van der Waals surface area contributed by atoms with E-state index in [2.05, 4.69) is 4.98 Å². The van der Waals surface area contributed by atoms with Gasteiger partial charge in [-0.25, -0.2) is 0 Å². The summed E-state index contributed by atoms with van der Waals surface area (Å²) in [7, 11) is 0. The number of nitrogens with zero attached hydrogens (tertiary/aromatic N) is 2. The van der Waals surface area contributed by atoms with Crippen LogP contribution in [0.5, 0.6) is 5.75 Å². The molecule has 0 N–H and O–H groups in total. The number of non-ortho nitro benzene ring substituents is 1. The smallest absolute Gasteiger partial charge is 0.269 e. The first-order chi connectivity index (χ1) is 10.2. The molecule has 0 amide bonds. The second kappa shape index (κ2) is 5.58. The molecule has 1 heterocycles. The number of nitro benzene ring substituents is 1. The molecule has 0 aliphatic rings. The van der Waals surface area contributed by atoms with Crippen molar-refractivity contribution in [1.29, 1.82) is 0 Å². The third-order valence-electron chi connectivity index (χ3n) is 3.09. The van der Waals surface area contributed by atoms with E-state index in [-0.39, 0.29) is 12.3 Å². The van der Waals surface area contributed by atoms with Gasteiger partial charge in [-0.3, -0.25) is 15.1 Å². The summed E-state index contributed by atoms with van der Waals surface area (Å²) in [6, 6.07) is 16.1. The molecule has 0 saturated heterocycles. The Morgan fingerprint density at radius 3 is 2.81 bits per heavy atom. The number of hydrogen-bond acceptors (Lipinski definition) is 4. The molecule has 0 bridgehead atoms. The van der Waals surface area contributed by atoms with Crippen LogP contribution >= 0.6 is 0 Å². The number of pyridine rings is 1. The summed E-state index contributed by atoms with van der Waals surface area (Å²) < 4.78 is 5.65. The molecule has 1 aromatic heterocycles. The molecular formula is C16H12N2O3. The van der Waals surface area contributed by atoms with E-state index >= 15 is 0 Å². The van der Waals surface area contributed by atoms with Crippen LogP contribution < -0.4 is 4.74 Å². The Balaban J connectivity index is 1.77. The lowest BCUT2D eigenvalue weighted by Crippen LogP contribution is -1.97. The van der Waals surface area contributed by atoms with Crippen molar-refractivity contribution in [3.05, 3.63) is 76.5 Å². The van der Waals surface area contributed by atoms with E-state index in [0.717, 1.165) is 16.5 Å². The van der Waals surface area contributed by atoms with E-state index in [1.807, 2.05) is 30.3 Å². The zero-order chi connectivity index (χ0) is 14.7. The van der Waals surface area contributed by atoms with Crippen molar-refractivity contribution in [3.8, 4) is 5.75 Å². The number of aromatic nitrogens is 1. The van der Waals surface area contributed by atoms with Crippen LogP contribution in [0.4, 0.5) is 5.69 Å². The first-order valence-corrected chi connectivity index (χ1v) is 6.43. The fourth-order valence-corrected chi connectivity index (χ4v) is 2.06. The van der Waals surface area contributed by atoms with Crippen molar-refractivity contribution in [2.24, 2.45) is 0 Å². The number of hydrogen-bond donors (Lipinski definition) is 0. The maximum Gasteiger partial charge on any atom is 0.269 e. The minimum atomic E-state index is -0.416. The van der Waals surface area contributed by atoms with Gasteiger partial charge in [0.2, 0.25) is 0 Å². The normalized spacial score (nSPS) is 10.5. The van der Waals surface area contributed by atoms with Crippen LogP contribution in [0.1, 0.15) is 5.56 Å². The summed E-state index contributed by atoms with van der Waals surface area (Å²) in [5.41, 5.74) is 1.71. The minimum Gasteiger partial charge on any atom is -0.487 e. The maximum atomic E-state index is 10.7. The number of benzene rings is 2. The first-order valence-electron chi connectivity index (χ1n) is 6.43. The van der Waals surface area contributed by atoms with Crippen molar-refractivity contribution >= 4 is 16.6 Å². The molecule has 0 unspecified atom stereocenters. The Kier molecular flexibility index (Phi) is 3.47. The van der Waals surface area contributed by atoms with E-state index < -0.39 is 4.92 Å². The van der Waals surface area contributed by atoms with Gasteiger partial charge in [-0.15, -0.1) is 0 Å². The Morgan fingerprint density at radius 2 is 1.95 bits per heavy atom. The summed E-state index contributed by atoms with van der Waals surface area (Å²) in [5.74, 6) is 0.639. The number of ether oxygens (including phenoxy) is 1. The van der Waals surface area contributed by atoms with E-state index in [0.29, 0.717) is 5.75 Å². The number of nitro groups is 1. The number of rotatable bonds is 4. The van der Waals surface area contributed by atoms with Gasteiger partial charge in [0.25, 0.3) is 5.69 Å². The lowest BCUT2D eigenvalue weighted by atomic mass is 10.2. The molecule has 0 saturated carbocycles. The van der Waals surface area contributed by atoms with Gasteiger partial charge in [0.1, 0.15) is 12.4 Å². The van der Waals surface area contributed by atoms with Gasteiger partial charge in [-0.05, 0) is 17.7 Å². The lowest BCUT2D eigenvalue weighted by Gasteiger charge is -2.07. The van der Waals surface area contributed by atoms with Crippen molar-refractivity contribution in [1.82, 2.24) is 4.98 Å². The quantitative estimate of drug-likeness (QED) is 0.539. The van der Waals surface area contributed by atoms with Crippen LogP contribution in [0.2, 0.25) is 0 Å². The second-order valence-electron chi connectivity index (χ2n) is 4.58. The highest BCUT2D eigenvalue weighted by Crippen LogP contribution is 2.20. The molecule has 5 nitrogen and oxygen atoms in total. The Bertz CT molecular complexity index is 802. The molecular weight excluding hydrogens is 268 g/mol. The summed E-state index contributed by atoms with van der Waals surface area (Å²) in [6.07, 6.45) is 1.65. The van der Waals surface area contributed by atoms with E-state index in [1.54, 1.807) is 18.3 Å². The van der Waals surface area contributed by atoms with Gasteiger partial charge in [-0.1, -0.05) is 30.3 Å².